The van der Waals surface area contributed by atoms with E-state index in [1.165, 1.54) is 5.69 Å². The van der Waals surface area contributed by atoms with Gasteiger partial charge in [0.1, 0.15) is 0 Å². The Labute approximate surface area is 117 Å². The second-order valence-electron chi connectivity index (χ2n) is 3.70. The van der Waals surface area contributed by atoms with Crippen molar-refractivity contribution in [1.82, 2.24) is 0 Å². The first-order valence-corrected chi connectivity index (χ1v) is 6.52. The summed E-state index contributed by atoms with van der Waals surface area (Å²) in [5, 5.41) is 4.25. The third-order valence-corrected chi connectivity index (χ3v) is 2.58. The summed E-state index contributed by atoms with van der Waals surface area (Å²) >= 11 is 2.75. The van der Waals surface area contributed by atoms with Gasteiger partial charge in [-0.25, -0.2) is 24.3 Å². The largest absolute Gasteiger partial charge is 0.419 e. The number of hydrogen-bond donors (Lipinski definition) is 0. The molecule has 0 bridgehead atoms. The van der Waals surface area contributed by atoms with Crippen molar-refractivity contribution in [2.75, 3.05) is 31.2 Å². The molecule has 0 saturated carbocycles. The van der Waals surface area contributed by atoms with Crippen LogP contribution in [0.15, 0.2) is 54.6 Å². The Bertz CT molecular complexity index is 368. The Kier molecular flexibility index (Phi) is 8.03. The van der Waals surface area contributed by atoms with Crippen LogP contribution in [0.3, 0.4) is 0 Å². The Morgan fingerprint density at radius 1 is 1.00 bits per heavy atom. The molecule has 99 valence electrons. The minimum Gasteiger partial charge on any atom is -0.419 e. The first kappa shape index (κ1) is 14.8. The SMILES string of the molecule is [CH]#[Fe].c1cc[c-](N2CCOCC2)c1.c1cc[cH-]c1. The molecule has 3 rings (SSSR count). The fraction of sp³-hybridized carbons (Fsp3) is 0.267. The summed E-state index contributed by atoms with van der Waals surface area (Å²) in [5.74, 6) is 0. The van der Waals surface area contributed by atoms with Crippen LogP contribution in [0.2, 0.25) is 0 Å². The van der Waals surface area contributed by atoms with Gasteiger partial charge in [-0.15, -0.1) is 0 Å². The van der Waals surface area contributed by atoms with Gasteiger partial charge in [-0.3, -0.25) is 0 Å². The number of ether oxygens (including phenoxy) is 1. The van der Waals surface area contributed by atoms with Crippen molar-refractivity contribution in [3.05, 3.63) is 54.6 Å². The van der Waals surface area contributed by atoms with Crippen LogP contribution in [0.25, 0.3) is 0 Å². The van der Waals surface area contributed by atoms with Crippen molar-refractivity contribution in [2.45, 2.75) is 0 Å². The van der Waals surface area contributed by atoms with E-state index in [1.807, 2.05) is 30.3 Å². The van der Waals surface area contributed by atoms with Gasteiger partial charge in [-0.2, -0.15) is 30.3 Å². The molecule has 18 heavy (non-hydrogen) atoms. The van der Waals surface area contributed by atoms with Crippen molar-refractivity contribution in [1.29, 1.82) is 0 Å². The van der Waals surface area contributed by atoms with E-state index >= 15 is 0 Å². The fourth-order valence-electron chi connectivity index (χ4n) is 1.72. The third kappa shape index (κ3) is 5.39. The summed E-state index contributed by atoms with van der Waals surface area (Å²) in [6.45, 7) is 3.80. The number of hydrogen-bond acceptors (Lipinski definition) is 2. The molecule has 3 heteroatoms. The molecular formula is C15H18FeNO-2. The number of morpholine rings is 1. The maximum absolute atomic E-state index is 5.26. The molecule has 2 aromatic carbocycles. The van der Waals surface area contributed by atoms with Crippen molar-refractivity contribution in [3.8, 4) is 5.23 Å². The molecule has 1 aliphatic heterocycles. The minimum atomic E-state index is 0.866. The van der Waals surface area contributed by atoms with E-state index in [4.69, 9.17) is 4.74 Å². The average Bonchev–Trinajstić information content (AvgIpc) is 3.18. The van der Waals surface area contributed by atoms with Gasteiger partial charge in [0.25, 0.3) is 0 Å². The van der Waals surface area contributed by atoms with Crippen LogP contribution in [0.4, 0.5) is 5.69 Å². The monoisotopic (exact) mass is 284 g/mol. The van der Waals surface area contributed by atoms with Crippen LogP contribution < -0.4 is 4.90 Å². The van der Waals surface area contributed by atoms with Gasteiger partial charge < -0.3 is 9.64 Å². The normalized spacial score (nSPS) is 13.8. The summed E-state index contributed by atoms with van der Waals surface area (Å²) in [5.41, 5.74) is 1.33. The molecule has 0 aromatic heterocycles. The van der Waals surface area contributed by atoms with Gasteiger partial charge in [-0.05, 0) is 0 Å². The molecule has 0 unspecified atom stereocenters. The van der Waals surface area contributed by atoms with Crippen LogP contribution in [0, 0.1) is 5.23 Å². The molecule has 2 aromatic rings. The third-order valence-electron chi connectivity index (χ3n) is 2.58. The van der Waals surface area contributed by atoms with E-state index in [1.54, 1.807) is 0 Å². The maximum atomic E-state index is 5.26. The zero-order chi connectivity index (χ0) is 13.1. The Morgan fingerprint density at radius 2 is 1.56 bits per heavy atom. The van der Waals surface area contributed by atoms with Gasteiger partial charge in [-0.1, -0.05) is 5.69 Å². The Morgan fingerprint density at radius 3 is 2.00 bits per heavy atom. The van der Waals surface area contributed by atoms with Crippen LogP contribution in [-0.4, -0.2) is 26.3 Å². The predicted molar refractivity (Wildman–Crippen MR) is 72.0 cm³/mol. The molecule has 1 saturated heterocycles. The van der Waals surface area contributed by atoms with E-state index in [9.17, 15) is 0 Å². The first-order chi connectivity index (χ1) is 8.97. The topological polar surface area (TPSA) is 12.5 Å². The molecule has 0 spiro atoms. The second kappa shape index (κ2) is 9.76. The van der Waals surface area contributed by atoms with E-state index in [0.29, 0.717) is 0 Å². The first-order valence-electron chi connectivity index (χ1n) is 5.88. The summed E-state index contributed by atoms with van der Waals surface area (Å²) in [6.07, 6.45) is 0. The number of nitrogens with zero attached hydrogens (tertiary/aromatic N) is 1. The molecule has 0 N–H and O–H groups in total. The van der Waals surface area contributed by atoms with Crippen LogP contribution in [0.5, 0.6) is 0 Å². The Hall–Kier alpha value is -1.24. The summed E-state index contributed by atoms with van der Waals surface area (Å²) in [4.78, 5) is 2.35. The van der Waals surface area contributed by atoms with Gasteiger partial charge >= 0.3 is 20.6 Å². The smallest absolute Gasteiger partial charge is 0.0632 e. The number of anilines is 1. The van der Waals surface area contributed by atoms with Crippen molar-refractivity contribution >= 4 is 5.69 Å². The molecule has 1 heterocycles. The average molecular weight is 284 g/mol. The fourth-order valence-corrected chi connectivity index (χ4v) is 1.72. The van der Waals surface area contributed by atoms with E-state index in [-0.39, 0.29) is 0 Å². The Balaban J connectivity index is 0.000000195. The zero-order valence-corrected chi connectivity index (χ0v) is 11.4. The van der Waals surface area contributed by atoms with E-state index in [0.717, 1.165) is 26.3 Å². The van der Waals surface area contributed by atoms with Crippen LogP contribution in [0.1, 0.15) is 0 Å². The standard InChI is InChI=1S/C9H12NO.C5H5.CH.Fe/c1-2-4-9(3-1)10-5-7-11-8-6-10;1-2-4-5-3-1;;/h1-4H,5-8H2;1-5H;1H;/q2*-1;;. The van der Waals surface area contributed by atoms with Crippen LogP contribution >= 0.6 is 0 Å². The van der Waals surface area contributed by atoms with Crippen molar-refractivity contribution in [3.63, 3.8) is 0 Å². The maximum Gasteiger partial charge on any atom is 0.0632 e. The van der Waals surface area contributed by atoms with Gasteiger partial charge in [0.15, 0.2) is 0 Å². The molecule has 1 fully saturated rings. The molecule has 0 atom stereocenters. The predicted octanol–water partition coefficient (Wildman–Crippen LogP) is 2.77. The molecular weight excluding hydrogens is 266 g/mol. The van der Waals surface area contributed by atoms with E-state index in [2.05, 4.69) is 49.8 Å². The van der Waals surface area contributed by atoms with Crippen molar-refractivity contribution < 1.29 is 20.1 Å². The van der Waals surface area contributed by atoms with E-state index < -0.39 is 0 Å². The van der Waals surface area contributed by atoms with Gasteiger partial charge in [0.05, 0.1) is 13.2 Å². The molecule has 0 radical (unpaired) electrons. The summed E-state index contributed by atoms with van der Waals surface area (Å²) in [6, 6.07) is 18.4. The number of rotatable bonds is 1. The minimum absolute atomic E-state index is 0.866. The summed E-state index contributed by atoms with van der Waals surface area (Å²) in [7, 11) is 0. The quantitative estimate of drug-likeness (QED) is 0.590. The summed E-state index contributed by atoms with van der Waals surface area (Å²) < 4.78 is 5.26. The molecule has 0 amide bonds. The molecule has 2 nitrogen and oxygen atoms in total. The molecule has 1 aliphatic rings. The molecule has 0 aliphatic carbocycles. The second-order valence-corrected chi connectivity index (χ2v) is 3.70. The van der Waals surface area contributed by atoms with Crippen LogP contribution in [-0.2, 0) is 20.1 Å². The van der Waals surface area contributed by atoms with Gasteiger partial charge in [0, 0.05) is 13.1 Å². The van der Waals surface area contributed by atoms with Gasteiger partial charge in [0.2, 0.25) is 0 Å². The van der Waals surface area contributed by atoms with Crippen molar-refractivity contribution in [2.24, 2.45) is 0 Å². The zero-order valence-electron chi connectivity index (χ0n) is 10.3.